The fourth-order valence-corrected chi connectivity index (χ4v) is 1.12. The van der Waals surface area contributed by atoms with Crippen molar-refractivity contribution in [3.8, 4) is 0 Å². The van der Waals surface area contributed by atoms with E-state index in [2.05, 4.69) is 26.1 Å². The van der Waals surface area contributed by atoms with Crippen LogP contribution in [-0.2, 0) is 0 Å². The van der Waals surface area contributed by atoms with Gasteiger partial charge in [-0.1, -0.05) is 13.8 Å². The third-order valence-electron chi connectivity index (χ3n) is 1.36. The van der Waals surface area contributed by atoms with Crippen molar-refractivity contribution < 1.29 is 4.79 Å². The molecule has 1 heterocycles. The average Bonchev–Trinajstić information content (AvgIpc) is 2.33. The first-order valence-electron chi connectivity index (χ1n) is 3.36. The molecule has 4 heteroatoms. The molecule has 0 saturated carbocycles. The maximum Gasteiger partial charge on any atom is 0.184 e. The SMILES string of the molecule is CC(C)C(=O)c1[nH]ncc1Br. The van der Waals surface area contributed by atoms with Gasteiger partial charge in [-0.25, -0.2) is 0 Å². The number of carbonyl (C=O) groups excluding carboxylic acids is 1. The highest BCUT2D eigenvalue weighted by molar-refractivity contribution is 9.10. The minimum Gasteiger partial charge on any atom is -0.292 e. The van der Waals surface area contributed by atoms with Crippen LogP contribution in [0.5, 0.6) is 0 Å². The van der Waals surface area contributed by atoms with Gasteiger partial charge in [0.15, 0.2) is 5.78 Å². The van der Waals surface area contributed by atoms with Crippen molar-refractivity contribution in [2.45, 2.75) is 13.8 Å². The number of ketones is 1. The smallest absolute Gasteiger partial charge is 0.184 e. The highest BCUT2D eigenvalue weighted by Gasteiger charge is 2.14. The molecule has 0 radical (unpaired) electrons. The van der Waals surface area contributed by atoms with E-state index in [-0.39, 0.29) is 11.7 Å². The molecule has 11 heavy (non-hydrogen) atoms. The lowest BCUT2D eigenvalue weighted by Gasteiger charge is -1.99. The molecule has 0 saturated heterocycles. The van der Waals surface area contributed by atoms with Crippen molar-refractivity contribution in [2.24, 2.45) is 5.92 Å². The number of halogens is 1. The van der Waals surface area contributed by atoms with Crippen LogP contribution in [0, 0.1) is 5.92 Å². The van der Waals surface area contributed by atoms with Crippen LogP contribution in [0.25, 0.3) is 0 Å². The first-order valence-corrected chi connectivity index (χ1v) is 4.15. The number of H-pyrrole nitrogens is 1. The molecule has 0 bridgehead atoms. The summed E-state index contributed by atoms with van der Waals surface area (Å²) >= 11 is 3.22. The molecule has 1 rings (SSSR count). The Morgan fingerprint density at radius 2 is 2.36 bits per heavy atom. The molecule has 60 valence electrons. The second kappa shape index (κ2) is 3.17. The van der Waals surface area contributed by atoms with E-state index in [4.69, 9.17) is 0 Å². The number of hydrogen-bond donors (Lipinski definition) is 1. The summed E-state index contributed by atoms with van der Waals surface area (Å²) in [5, 5.41) is 6.37. The van der Waals surface area contributed by atoms with E-state index >= 15 is 0 Å². The van der Waals surface area contributed by atoms with Crippen molar-refractivity contribution in [3.05, 3.63) is 16.4 Å². The van der Waals surface area contributed by atoms with Crippen LogP contribution in [0.3, 0.4) is 0 Å². The summed E-state index contributed by atoms with van der Waals surface area (Å²) in [5.74, 6) is 0.0844. The summed E-state index contributed by atoms with van der Waals surface area (Å²) in [6.07, 6.45) is 1.58. The standard InChI is InChI=1S/C7H9BrN2O/c1-4(2)7(11)6-5(8)3-9-10-6/h3-4H,1-2H3,(H,9,10). The number of carbonyl (C=O) groups is 1. The van der Waals surface area contributed by atoms with Gasteiger partial charge in [-0.15, -0.1) is 0 Å². The predicted octanol–water partition coefficient (Wildman–Crippen LogP) is 2.01. The molecule has 0 amide bonds. The molecule has 0 spiro atoms. The lowest BCUT2D eigenvalue weighted by molar-refractivity contribution is 0.0933. The topological polar surface area (TPSA) is 45.8 Å². The Hall–Kier alpha value is -0.640. The summed E-state index contributed by atoms with van der Waals surface area (Å²) in [6.45, 7) is 3.71. The molecule has 0 atom stereocenters. The Morgan fingerprint density at radius 3 is 2.73 bits per heavy atom. The minimum atomic E-state index is 0.00625. The van der Waals surface area contributed by atoms with Crippen LogP contribution in [0.1, 0.15) is 24.3 Å². The number of aromatic nitrogens is 2. The lowest BCUT2D eigenvalue weighted by Crippen LogP contribution is -2.08. The van der Waals surface area contributed by atoms with Gasteiger partial charge in [-0.2, -0.15) is 5.10 Å². The predicted molar refractivity (Wildman–Crippen MR) is 45.5 cm³/mol. The molecule has 0 aromatic carbocycles. The number of Topliss-reactive ketones (excluding diaryl/α,β-unsaturated/α-hetero) is 1. The third kappa shape index (κ3) is 1.68. The van der Waals surface area contributed by atoms with E-state index in [0.29, 0.717) is 5.69 Å². The lowest BCUT2D eigenvalue weighted by atomic mass is 10.1. The number of nitrogens with one attached hydrogen (secondary N) is 1. The summed E-state index contributed by atoms with van der Waals surface area (Å²) in [4.78, 5) is 11.3. The Bertz CT molecular complexity index is 267. The molecule has 1 N–H and O–H groups in total. The van der Waals surface area contributed by atoms with E-state index in [1.165, 1.54) is 0 Å². The zero-order valence-electron chi connectivity index (χ0n) is 6.39. The van der Waals surface area contributed by atoms with Gasteiger partial charge in [0.05, 0.1) is 10.7 Å². The number of aromatic amines is 1. The molecule has 1 aromatic rings. The highest BCUT2D eigenvalue weighted by Crippen LogP contribution is 2.16. The molecule has 0 aliphatic heterocycles. The molecular formula is C7H9BrN2O. The molecular weight excluding hydrogens is 208 g/mol. The molecule has 1 aromatic heterocycles. The fourth-order valence-electron chi connectivity index (χ4n) is 0.733. The zero-order valence-corrected chi connectivity index (χ0v) is 7.97. The van der Waals surface area contributed by atoms with Crippen LogP contribution in [-0.4, -0.2) is 16.0 Å². The summed E-state index contributed by atoms with van der Waals surface area (Å²) < 4.78 is 0.733. The maximum atomic E-state index is 11.3. The van der Waals surface area contributed by atoms with Crippen molar-refractivity contribution >= 4 is 21.7 Å². The zero-order chi connectivity index (χ0) is 8.43. The van der Waals surface area contributed by atoms with E-state index in [0.717, 1.165) is 4.47 Å². The van der Waals surface area contributed by atoms with Crippen molar-refractivity contribution in [3.63, 3.8) is 0 Å². The van der Waals surface area contributed by atoms with Gasteiger partial charge >= 0.3 is 0 Å². The summed E-state index contributed by atoms with van der Waals surface area (Å²) in [7, 11) is 0. The van der Waals surface area contributed by atoms with Gasteiger partial charge in [-0.3, -0.25) is 9.89 Å². The van der Waals surface area contributed by atoms with Gasteiger partial charge in [0.2, 0.25) is 0 Å². The molecule has 0 aliphatic carbocycles. The maximum absolute atomic E-state index is 11.3. The Kier molecular flexibility index (Phi) is 2.44. The first-order chi connectivity index (χ1) is 5.13. The van der Waals surface area contributed by atoms with Gasteiger partial charge < -0.3 is 0 Å². The highest BCUT2D eigenvalue weighted by atomic mass is 79.9. The van der Waals surface area contributed by atoms with Crippen molar-refractivity contribution in [1.82, 2.24) is 10.2 Å². The van der Waals surface area contributed by atoms with Crippen LogP contribution in [0.2, 0.25) is 0 Å². The number of rotatable bonds is 2. The van der Waals surface area contributed by atoms with Crippen LogP contribution in [0.4, 0.5) is 0 Å². The number of nitrogens with zero attached hydrogens (tertiary/aromatic N) is 1. The second-order valence-corrected chi connectivity index (χ2v) is 3.47. The Morgan fingerprint density at radius 1 is 1.73 bits per heavy atom. The van der Waals surface area contributed by atoms with Crippen LogP contribution < -0.4 is 0 Å². The van der Waals surface area contributed by atoms with E-state index in [9.17, 15) is 4.79 Å². The largest absolute Gasteiger partial charge is 0.292 e. The number of hydrogen-bond acceptors (Lipinski definition) is 2. The quantitative estimate of drug-likeness (QED) is 0.770. The summed E-state index contributed by atoms with van der Waals surface area (Å²) in [6, 6.07) is 0. The van der Waals surface area contributed by atoms with Crippen LogP contribution in [0.15, 0.2) is 10.7 Å². The van der Waals surface area contributed by atoms with E-state index in [1.54, 1.807) is 6.20 Å². The molecule has 3 nitrogen and oxygen atoms in total. The van der Waals surface area contributed by atoms with Gasteiger partial charge in [0, 0.05) is 5.92 Å². The van der Waals surface area contributed by atoms with Crippen LogP contribution >= 0.6 is 15.9 Å². The Balaban J connectivity index is 2.93. The second-order valence-electron chi connectivity index (χ2n) is 2.61. The van der Waals surface area contributed by atoms with Gasteiger partial charge in [-0.05, 0) is 15.9 Å². The van der Waals surface area contributed by atoms with Gasteiger partial charge in [0.25, 0.3) is 0 Å². The minimum absolute atomic E-state index is 0.00625. The molecule has 0 unspecified atom stereocenters. The average molecular weight is 217 g/mol. The van der Waals surface area contributed by atoms with E-state index < -0.39 is 0 Å². The third-order valence-corrected chi connectivity index (χ3v) is 1.97. The van der Waals surface area contributed by atoms with Crippen molar-refractivity contribution in [1.29, 1.82) is 0 Å². The van der Waals surface area contributed by atoms with E-state index in [1.807, 2.05) is 13.8 Å². The van der Waals surface area contributed by atoms with Gasteiger partial charge in [0.1, 0.15) is 5.69 Å². The van der Waals surface area contributed by atoms with Crippen molar-refractivity contribution in [2.75, 3.05) is 0 Å². The molecule has 0 fully saturated rings. The normalized spacial score (nSPS) is 10.5. The first kappa shape index (κ1) is 8.46. The molecule has 0 aliphatic rings. The monoisotopic (exact) mass is 216 g/mol. The summed E-state index contributed by atoms with van der Waals surface area (Å²) in [5.41, 5.74) is 0.556. The fraction of sp³-hybridized carbons (Fsp3) is 0.429. The Labute approximate surface area is 73.3 Å².